The van der Waals surface area contributed by atoms with Crippen molar-refractivity contribution in [2.75, 3.05) is 0 Å². The molecule has 3 N–H and O–H groups in total. The van der Waals surface area contributed by atoms with Crippen LogP contribution in [0.3, 0.4) is 0 Å². The number of nitrogens with two attached hydrogens (primary N) is 1. The Morgan fingerprint density at radius 2 is 1.79 bits per heavy atom. The Hall–Kier alpha value is -1.56. The molecule has 1 rings (SSSR count). The smallest absolute Gasteiger partial charge is 0.325 e. The van der Waals surface area contributed by atoms with Gasteiger partial charge in [0, 0.05) is 0 Å². The predicted molar refractivity (Wildman–Crippen MR) is 40.9 cm³/mol. The van der Waals surface area contributed by atoms with E-state index in [1.54, 1.807) is 0 Å². The summed E-state index contributed by atoms with van der Waals surface area (Å²) in [6.07, 6.45) is 0. The molecule has 1 atom stereocenters. The van der Waals surface area contributed by atoms with Gasteiger partial charge in [-0.25, -0.2) is 13.2 Å². The largest absolute Gasteiger partial charge is 0.480 e. The minimum atomic E-state index is -1.91. The molecule has 0 saturated carbocycles. The summed E-state index contributed by atoms with van der Waals surface area (Å²) in [7, 11) is 0. The zero-order chi connectivity index (χ0) is 10.9. The van der Waals surface area contributed by atoms with Crippen molar-refractivity contribution in [2.45, 2.75) is 6.04 Å². The second-order valence-electron chi connectivity index (χ2n) is 2.57. The first-order valence-electron chi connectivity index (χ1n) is 3.57. The van der Waals surface area contributed by atoms with E-state index in [9.17, 15) is 18.0 Å². The van der Waals surface area contributed by atoms with E-state index in [1.807, 2.05) is 0 Å². The second-order valence-corrected chi connectivity index (χ2v) is 2.57. The summed E-state index contributed by atoms with van der Waals surface area (Å²) in [5.41, 5.74) is 3.99. The fraction of sp³-hybridized carbons (Fsp3) is 0.125. The normalized spacial score (nSPS) is 12.6. The third-order valence-corrected chi connectivity index (χ3v) is 1.66. The van der Waals surface area contributed by atoms with Crippen molar-refractivity contribution in [2.24, 2.45) is 5.73 Å². The summed E-state index contributed by atoms with van der Waals surface area (Å²) in [4.78, 5) is 10.3. The van der Waals surface area contributed by atoms with Gasteiger partial charge in [0.25, 0.3) is 0 Å². The predicted octanol–water partition coefficient (Wildman–Crippen LogP) is 1.19. The molecule has 1 aromatic carbocycles. The van der Waals surface area contributed by atoms with E-state index in [0.29, 0.717) is 12.1 Å². The Bertz CT molecular complexity index is 381. The van der Waals surface area contributed by atoms with Crippen LogP contribution >= 0.6 is 0 Å². The Morgan fingerprint density at radius 1 is 1.29 bits per heavy atom. The van der Waals surface area contributed by atoms with Crippen LogP contribution in [0.15, 0.2) is 12.1 Å². The van der Waals surface area contributed by atoms with Crippen LogP contribution < -0.4 is 5.73 Å². The molecule has 0 aliphatic carbocycles. The molecule has 1 aromatic rings. The number of rotatable bonds is 2. The van der Waals surface area contributed by atoms with Gasteiger partial charge in [-0.1, -0.05) is 0 Å². The summed E-state index contributed by atoms with van der Waals surface area (Å²) in [6, 6.07) is -0.732. The van der Waals surface area contributed by atoms with Gasteiger partial charge in [-0.2, -0.15) is 0 Å². The van der Waals surface area contributed by atoms with Crippen LogP contribution in [0, 0.1) is 17.5 Å². The number of carboxylic acids is 1. The molecule has 0 saturated heterocycles. The second kappa shape index (κ2) is 3.67. The average Bonchev–Trinajstić information content (AvgIpc) is 2.12. The monoisotopic (exact) mass is 205 g/mol. The highest BCUT2D eigenvalue weighted by Gasteiger charge is 2.24. The zero-order valence-electron chi connectivity index (χ0n) is 6.80. The topological polar surface area (TPSA) is 63.3 Å². The Morgan fingerprint density at radius 3 is 2.29 bits per heavy atom. The van der Waals surface area contributed by atoms with Gasteiger partial charge in [0.2, 0.25) is 0 Å². The van der Waals surface area contributed by atoms with Crippen LogP contribution in [-0.4, -0.2) is 11.1 Å². The molecule has 0 radical (unpaired) electrons. The van der Waals surface area contributed by atoms with E-state index < -0.39 is 35.0 Å². The summed E-state index contributed by atoms with van der Waals surface area (Å²) >= 11 is 0. The first-order valence-corrected chi connectivity index (χ1v) is 3.57. The molecule has 0 amide bonds. The molecular weight excluding hydrogens is 199 g/mol. The summed E-state index contributed by atoms with van der Waals surface area (Å²) in [6.45, 7) is 0. The molecule has 0 aromatic heterocycles. The van der Waals surface area contributed by atoms with E-state index >= 15 is 0 Å². The van der Waals surface area contributed by atoms with E-state index in [-0.39, 0.29) is 0 Å². The molecule has 14 heavy (non-hydrogen) atoms. The highest BCUT2D eigenvalue weighted by atomic mass is 19.2. The number of hydrogen-bond acceptors (Lipinski definition) is 2. The molecule has 0 spiro atoms. The van der Waals surface area contributed by atoms with E-state index in [1.165, 1.54) is 0 Å². The highest BCUT2D eigenvalue weighted by molar-refractivity contribution is 5.75. The molecule has 0 bridgehead atoms. The molecule has 76 valence electrons. The van der Waals surface area contributed by atoms with Gasteiger partial charge < -0.3 is 10.8 Å². The quantitative estimate of drug-likeness (QED) is 0.713. The van der Waals surface area contributed by atoms with Crippen molar-refractivity contribution in [3.63, 3.8) is 0 Å². The molecule has 0 aliphatic rings. The van der Waals surface area contributed by atoms with Crippen molar-refractivity contribution < 1.29 is 23.1 Å². The van der Waals surface area contributed by atoms with Gasteiger partial charge in [-0.05, 0) is 12.1 Å². The maximum atomic E-state index is 12.9. The SMILES string of the molecule is N[C@@H](C(=O)O)c1c(F)ccc(F)c1F. The van der Waals surface area contributed by atoms with E-state index in [4.69, 9.17) is 10.8 Å². The Labute approximate surface area is 77.0 Å². The van der Waals surface area contributed by atoms with Gasteiger partial charge in [0.15, 0.2) is 11.6 Å². The molecule has 0 unspecified atom stereocenters. The number of aliphatic carboxylic acids is 1. The van der Waals surface area contributed by atoms with Gasteiger partial charge in [0.1, 0.15) is 11.9 Å². The van der Waals surface area contributed by atoms with Gasteiger partial charge in [-0.3, -0.25) is 4.79 Å². The number of hydrogen-bond donors (Lipinski definition) is 2. The summed E-state index contributed by atoms with van der Waals surface area (Å²) in [5, 5.41) is 8.39. The number of carboxylic acid groups (broad SMARTS) is 1. The first-order chi connectivity index (χ1) is 6.45. The van der Waals surface area contributed by atoms with Crippen molar-refractivity contribution in [1.82, 2.24) is 0 Å². The lowest BCUT2D eigenvalue weighted by Gasteiger charge is -2.09. The lowest BCUT2D eigenvalue weighted by molar-refractivity contribution is -0.138. The van der Waals surface area contributed by atoms with Gasteiger partial charge in [0.05, 0.1) is 5.56 Å². The molecular formula is C8H6F3NO2. The minimum absolute atomic E-state index is 0.558. The number of carbonyl (C=O) groups is 1. The van der Waals surface area contributed by atoms with Gasteiger partial charge >= 0.3 is 5.97 Å². The maximum Gasteiger partial charge on any atom is 0.325 e. The van der Waals surface area contributed by atoms with E-state index in [2.05, 4.69) is 0 Å². The summed E-state index contributed by atoms with van der Waals surface area (Å²) < 4.78 is 38.4. The Kier molecular flexibility index (Phi) is 2.76. The third kappa shape index (κ3) is 1.69. The van der Waals surface area contributed by atoms with E-state index in [0.717, 1.165) is 0 Å². The highest BCUT2D eigenvalue weighted by Crippen LogP contribution is 2.21. The zero-order valence-corrected chi connectivity index (χ0v) is 6.80. The van der Waals surface area contributed by atoms with Crippen LogP contribution in [0.1, 0.15) is 11.6 Å². The average molecular weight is 205 g/mol. The molecule has 0 fully saturated rings. The maximum absolute atomic E-state index is 12.9. The lowest BCUT2D eigenvalue weighted by Crippen LogP contribution is -2.23. The fourth-order valence-electron chi connectivity index (χ4n) is 0.951. The number of benzene rings is 1. The van der Waals surface area contributed by atoms with Crippen molar-refractivity contribution in [3.05, 3.63) is 35.1 Å². The standard InChI is InChI=1S/C8H6F3NO2/c9-3-1-2-4(10)6(11)5(3)7(12)8(13)14/h1-2,7H,12H2,(H,13,14)/t7-/m1/s1. The van der Waals surface area contributed by atoms with Gasteiger partial charge in [-0.15, -0.1) is 0 Å². The lowest BCUT2D eigenvalue weighted by atomic mass is 10.1. The molecule has 3 nitrogen and oxygen atoms in total. The third-order valence-electron chi connectivity index (χ3n) is 1.66. The Balaban J connectivity index is 3.32. The minimum Gasteiger partial charge on any atom is -0.480 e. The molecule has 0 aliphatic heterocycles. The van der Waals surface area contributed by atoms with Crippen molar-refractivity contribution >= 4 is 5.97 Å². The van der Waals surface area contributed by atoms with Crippen LogP contribution in [0.5, 0.6) is 0 Å². The van der Waals surface area contributed by atoms with Crippen LogP contribution in [0.2, 0.25) is 0 Å². The van der Waals surface area contributed by atoms with Crippen LogP contribution in [0.25, 0.3) is 0 Å². The fourth-order valence-corrected chi connectivity index (χ4v) is 0.951. The van der Waals surface area contributed by atoms with Crippen molar-refractivity contribution in [1.29, 1.82) is 0 Å². The van der Waals surface area contributed by atoms with Crippen LogP contribution in [0.4, 0.5) is 13.2 Å². The number of halogens is 3. The molecule has 0 heterocycles. The first kappa shape index (κ1) is 10.5. The molecule has 6 heteroatoms. The van der Waals surface area contributed by atoms with Crippen LogP contribution in [-0.2, 0) is 4.79 Å². The summed E-state index contributed by atoms with van der Waals surface area (Å²) in [5.74, 6) is -5.72. The van der Waals surface area contributed by atoms with Crippen molar-refractivity contribution in [3.8, 4) is 0 Å².